The summed E-state index contributed by atoms with van der Waals surface area (Å²) in [7, 11) is 0. The molecule has 0 saturated heterocycles. The van der Waals surface area contributed by atoms with Crippen molar-refractivity contribution in [1.82, 2.24) is 0 Å². The Labute approximate surface area is 141 Å². The lowest BCUT2D eigenvalue weighted by molar-refractivity contribution is 0.108. The lowest BCUT2D eigenvalue weighted by atomic mass is 9.92. The van der Waals surface area contributed by atoms with Gasteiger partial charge in [0.15, 0.2) is 0 Å². The monoisotopic (exact) mass is 320 g/mol. The van der Waals surface area contributed by atoms with Crippen LogP contribution in [0.1, 0.15) is 21.5 Å². The predicted molar refractivity (Wildman–Crippen MR) is 97.0 cm³/mol. The van der Waals surface area contributed by atoms with Crippen molar-refractivity contribution in [2.75, 3.05) is 0 Å². The largest absolute Gasteiger partial charge is 0.276 e. The second-order valence-corrected chi connectivity index (χ2v) is 6.08. The first-order chi connectivity index (χ1) is 11.1. The lowest BCUT2D eigenvalue weighted by Crippen LogP contribution is -1.98. The Morgan fingerprint density at radius 2 is 1.09 bits per heavy atom. The molecule has 3 aromatic carbocycles. The van der Waals surface area contributed by atoms with E-state index in [9.17, 15) is 4.79 Å². The van der Waals surface area contributed by atoms with Gasteiger partial charge in [0.2, 0.25) is 0 Å². The summed E-state index contributed by atoms with van der Waals surface area (Å²) >= 11 is 5.94. The van der Waals surface area contributed by atoms with Gasteiger partial charge in [0.25, 0.3) is 5.24 Å². The summed E-state index contributed by atoms with van der Waals surface area (Å²) in [5, 5.41) is -0.434. The van der Waals surface area contributed by atoms with Crippen LogP contribution in [0.15, 0.2) is 66.7 Å². The third kappa shape index (κ3) is 3.20. The fraction of sp³-hybridized carbons (Fsp3) is 0.0952. The molecular formula is C21H17ClO. The van der Waals surface area contributed by atoms with Crippen LogP contribution in [-0.2, 0) is 0 Å². The zero-order valence-electron chi connectivity index (χ0n) is 13.1. The molecule has 0 amide bonds. The van der Waals surface area contributed by atoms with Crippen LogP contribution >= 0.6 is 11.6 Å². The zero-order chi connectivity index (χ0) is 16.4. The van der Waals surface area contributed by atoms with E-state index in [1.807, 2.05) is 80.6 Å². The molecule has 0 unspecified atom stereocenters. The highest BCUT2D eigenvalue weighted by Crippen LogP contribution is 2.33. The van der Waals surface area contributed by atoms with Crippen molar-refractivity contribution in [3.05, 3.63) is 83.4 Å². The molecule has 0 radical (unpaired) electrons. The number of carbonyl (C=O) groups is 1. The van der Waals surface area contributed by atoms with E-state index in [-0.39, 0.29) is 0 Å². The van der Waals surface area contributed by atoms with Crippen LogP contribution in [0.3, 0.4) is 0 Å². The second-order valence-electron chi connectivity index (χ2n) is 5.73. The van der Waals surface area contributed by atoms with E-state index in [4.69, 9.17) is 11.6 Å². The molecule has 0 saturated carbocycles. The summed E-state index contributed by atoms with van der Waals surface area (Å²) in [6.45, 7) is 4.08. The number of hydrogen-bond acceptors (Lipinski definition) is 1. The Morgan fingerprint density at radius 1 is 0.696 bits per heavy atom. The van der Waals surface area contributed by atoms with Gasteiger partial charge >= 0.3 is 0 Å². The second kappa shape index (κ2) is 6.39. The summed E-state index contributed by atoms with van der Waals surface area (Å²) in [6, 6.07) is 22.1. The fourth-order valence-corrected chi connectivity index (χ4v) is 2.92. The van der Waals surface area contributed by atoms with Crippen molar-refractivity contribution >= 4 is 16.8 Å². The zero-order valence-corrected chi connectivity index (χ0v) is 13.9. The predicted octanol–water partition coefficient (Wildman–Crippen LogP) is 6.02. The van der Waals surface area contributed by atoms with E-state index in [2.05, 4.69) is 0 Å². The van der Waals surface area contributed by atoms with Crippen LogP contribution in [-0.4, -0.2) is 5.24 Å². The molecule has 0 bridgehead atoms. The molecule has 0 aliphatic carbocycles. The molecule has 2 heteroatoms. The minimum Gasteiger partial charge on any atom is -0.276 e. The highest BCUT2D eigenvalue weighted by Gasteiger charge is 2.16. The van der Waals surface area contributed by atoms with Crippen LogP contribution in [0.5, 0.6) is 0 Å². The molecule has 1 nitrogen and oxygen atoms in total. The van der Waals surface area contributed by atoms with E-state index in [1.165, 1.54) is 11.1 Å². The van der Waals surface area contributed by atoms with Crippen molar-refractivity contribution in [2.24, 2.45) is 0 Å². The summed E-state index contributed by atoms with van der Waals surface area (Å²) < 4.78 is 0. The quantitative estimate of drug-likeness (QED) is 0.539. The maximum Gasteiger partial charge on any atom is 0.253 e. The molecule has 0 aliphatic heterocycles. The van der Waals surface area contributed by atoms with Crippen molar-refractivity contribution in [1.29, 1.82) is 0 Å². The summed E-state index contributed by atoms with van der Waals surface area (Å²) in [5.41, 5.74) is 6.64. The Morgan fingerprint density at radius 3 is 1.43 bits per heavy atom. The van der Waals surface area contributed by atoms with Crippen LogP contribution in [0.2, 0.25) is 0 Å². The van der Waals surface area contributed by atoms with Gasteiger partial charge in [-0.05, 0) is 47.7 Å². The molecular weight excluding hydrogens is 304 g/mol. The molecule has 0 spiro atoms. The van der Waals surface area contributed by atoms with Gasteiger partial charge in [-0.3, -0.25) is 4.79 Å². The maximum atomic E-state index is 12.1. The standard InChI is InChI=1S/C21H17ClO/c1-14-6-10-16(11-7-14)18-4-3-5-19(20(18)21(22)23)17-12-8-15(2)9-13-17/h3-13H,1-2H3. The van der Waals surface area contributed by atoms with Gasteiger partial charge in [0.1, 0.15) is 0 Å². The molecule has 23 heavy (non-hydrogen) atoms. The van der Waals surface area contributed by atoms with Crippen LogP contribution in [0, 0.1) is 13.8 Å². The first-order valence-electron chi connectivity index (χ1n) is 7.53. The highest BCUT2D eigenvalue weighted by molar-refractivity contribution is 6.68. The molecule has 114 valence electrons. The molecule has 0 atom stereocenters. The van der Waals surface area contributed by atoms with Crippen LogP contribution in [0.25, 0.3) is 22.3 Å². The molecule has 0 N–H and O–H groups in total. The minimum absolute atomic E-state index is 0.434. The number of aryl methyl sites for hydroxylation is 2. The summed E-state index contributed by atoms with van der Waals surface area (Å²) in [6.07, 6.45) is 0. The van der Waals surface area contributed by atoms with Gasteiger partial charge < -0.3 is 0 Å². The fourth-order valence-electron chi connectivity index (χ4n) is 2.71. The first kappa shape index (κ1) is 15.5. The third-order valence-electron chi connectivity index (χ3n) is 3.99. The van der Waals surface area contributed by atoms with Gasteiger partial charge in [-0.25, -0.2) is 0 Å². The third-order valence-corrected chi connectivity index (χ3v) is 4.18. The lowest BCUT2D eigenvalue weighted by Gasteiger charge is -2.13. The van der Waals surface area contributed by atoms with Crippen molar-refractivity contribution < 1.29 is 4.79 Å². The smallest absolute Gasteiger partial charge is 0.253 e. The SMILES string of the molecule is Cc1ccc(-c2cccc(-c3ccc(C)cc3)c2C(=O)Cl)cc1. The number of halogens is 1. The molecule has 3 rings (SSSR count). The molecule has 3 aromatic rings. The average Bonchev–Trinajstić information content (AvgIpc) is 2.55. The topological polar surface area (TPSA) is 17.1 Å². The summed E-state index contributed by atoms with van der Waals surface area (Å²) in [5.74, 6) is 0. The van der Waals surface area contributed by atoms with Crippen LogP contribution < -0.4 is 0 Å². The average molecular weight is 321 g/mol. The van der Waals surface area contributed by atoms with E-state index < -0.39 is 5.24 Å². The number of hydrogen-bond donors (Lipinski definition) is 0. The highest BCUT2D eigenvalue weighted by atomic mass is 35.5. The van der Waals surface area contributed by atoms with Gasteiger partial charge in [-0.2, -0.15) is 0 Å². The van der Waals surface area contributed by atoms with E-state index >= 15 is 0 Å². The van der Waals surface area contributed by atoms with Gasteiger partial charge in [-0.1, -0.05) is 77.9 Å². The maximum absolute atomic E-state index is 12.1. The van der Waals surface area contributed by atoms with E-state index in [0.29, 0.717) is 5.56 Å². The number of carbonyl (C=O) groups excluding carboxylic acids is 1. The first-order valence-corrected chi connectivity index (χ1v) is 7.91. The Hall–Kier alpha value is -2.38. The van der Waals surface area contributed by atoms with Gasteiger partial charge in [0.05, 0.1) is 0 Å². The molecule has 0 aromatic heterocycles. The van der Waals surface area contributed by atoms with Crippen LogP contribution in [0.4, 0.5) is 0 Å². The van der Waals surface area contributed by atoms with Crippen molar-refractivity contribution in [3.8, 4) is 22.3 Å². The molecule has 0 heterocycles. The number of rotatable bonds is 3. The summed E-state index contributed by atoms with van der Waals surface area (Å²) in [4.78, 5) is 12.1. The normalized spacial score (nSPS) is 10.6. The molecule has 0 aliphatic rings. The van der Waals surface area contributed by atoms with E-state index in [0.717, 1.165) is 22.3 Å². The minimum atomic E-state index is -0.434. The van der Waals surface area contributed by atoms with Crippen molar-refractivity contribution in [3.63, 3.8) is 0 Å². The number of benzene rings is 3. The Bertz CT molecular complexity index is 782. The van der Waals surface area contributed by atoms with Gasteiger partial charge in [0, 0.05) is 5.56 Å². The molecule has 0 fully saturated rings. The van der Waals surface area contributed by atoms with Gasteiger partial charge in [-0.15, -0.1) is 0 Å². The Kier molecular flexibility index (Phi) is 4.31. The van der Waals surface area contributed by atoms with E-state index in [1.54, 1.807) is 0 Å². The Balaban J connectivity index is 2.22. The van der Waals surface area contributed by atoms with Crippen molar-refractivity contribution in [2.45, 2.75) is 13.8 Å².